The van der Waals surface area contributed by atoms with E-state index in [-0.39, 0.29) is 17.0 Å². The Bertz CT molecular complexity index is 532. The number of nitrogens with one attached hydrogen (secondary N) is 1. The van der Waals surface area contributed by atoms with Crippen molar-refractivity contribution >= 4 is 5.91 Å². The molecular weight excluding hydrogens is 256 g/mol. The zero-order chi connectivity index (χ0) is 14.5. The lowest BCUT2D eigenvalue weighted by Gasteiger charge is -2.27. The molecule has 1 fully saturated rings. The summed E-state index contributed by atoms with van der Waals surface area (Å²) in [7, 11) is 0. The Morgan fingerprint density at radius 1 is 1.40 bits per heavy atom. The van der Waals surface area contributed by atoms with Crippen molar-refractivity contribution in [1.29, 1.82) is 0 Å². The zero-order valence-corrected chi connectivity index (χ0v) is 12.2. The predicted molar refractivity (Wildman–Crippen MR) is 76.9 cm³/mol. The van der Waals surface area contributed by atoms with Crippen molar-refractivity contribution in [2.45, 2.75) is 33.2 Å². The predicted octanol–water partition coefficient (Wildman–Crippen LogP) is 0.397. The van der Waals surface area contributed by atoms with Crippen molar-refractivity contribution in [2.75, 3.05) is 26.2 Å². The van der Waals surface area contributed by atoms with Crippen molar-refractivity contribution in [3.63, 3.8) is 0 Å². The number of rotatable bonds is 4. The van der Waals surface area contributed by atoms with E-state index < -0.39 is 0 Å². The fourth-order valence-corrected chi connectivity index (χ4v) is 2.33. The van der Waals surface area contributed by atoms with Gasteiger partial charge in [0.2, 0.25) is 0 Å². The zero-order valence-electron chi connectivity index (χ0n) is 12.2. The number of aromatic nitrogens is 2. The SMILES string of the molecule is CCCCn1nc(C)cc(C(=O)N2CCNCC2)c1=O. The van der Waals surface area contributed by atoms with Crippen molar-refractivity contribution in [3.8, 4) is 0 Å². The first-order chi connectivity index (χ1) is 9.63. The standard InChI is InChI=1S/C14H22N4O2/c1-3-4-7-18-14(20)12(10-11(2)16-18)13(19)17-8-5-15-6-9-17/h10,15H,3-9H2,1-2H3. The number of carbonyl (C=O) groups is 1. The van der Waals surface area contributed by atoms with Gasteiger partial charge in [0, 0.05) is 32.7 Å². The Morgan fingerprint density at radius 2 is 2.10 bits per heavy atom. The van der Waals surface area contributed by atoms with Gasteiger partial charge in [-0.15, -0.1) is 0 Å². The number of unbranched alkanes of at least 4 members (excludes halogenated alkanes) is 1. The number of hydrogen-bond acceptors (Lipinski definition) is 4. The van der Waals surface area contributed by atoms with E-state index in [9.17, 15) is 9.59 Å². The molecule has 0 bridgehead atoms. The summed E-state index contributed by atoms with van der Waals surface area (Å²) in [6.07, 6.45) is 1.88. The molecule has 1 aromatic heterocycles. The minimum atomic E-state index is -0.271. The second-order valence-electron chi connectivity index (χ2n) is 5.12. The maximum Gasteiger partial charge on any atom is 0.279 e. The maximum absolute atomic E-state index is 12.5. The van der Waals surface area contributed by atoms with Gasteiger partial charge in [0.05, 0.1) is 5.69 Å². The fraction of sp³-hybridized carbons (Fsp3) is 0.643. The molecule has 1 aromatic rings. The Balaban J connectivity index is 2.28. The van der Waals surface area contributed by atoms with E-state index in [0.29, 0.717) is 25.3 Å². The summed E-state index contributed by atoms with van der Waals surface area (Å²) in [5, 5.41) is 7.42. The molecule has 0 saturated carbocycles. The van der Waals surface area contributed by atoms with Crippen LogP contribution in [0.1, 0.15) is 35.8 Å². The number of carbonyl (C=O) groups excluding carboxylic acids is 1. The molecule has 0 aliphatic carbocycles. The molecule has 6 heteroatoms. The largest absolute Gasteiger partial charge is 0.336 e. The van der Waals surface area contributed by atoms with Crippen molar-refractivity contribution in [2.24, 2.45) is 0 Å². The molecule has 0 unspecified atom stereocenters. The lowest BCUT2D eigenvalue weighted by atomic mass is 10.2. The third kappa shape index (κ3) is 3.25. The quantitative estimate of drug-likeness (QED) is 0.865. The topological polar surface area (TPSA) is 67.2 Å². The highest BCUT2D eigenvalue weighted by molar-refractivity contribution is 5.94. The molecule has 110 valence electrons. The van der Waals surface area contributed by atoms with E-state index >= 15 is 0 Å². The van der Waals surface area contributed by atoms with Gasteiger partial charge in [-0.25, -0.2) is 4.68 Å². The van der Waals surface area contributed by atoms with Gasteiger partial charge in [-0.2, -0.15) is 5.10 Å². The number of aryl methyl sites for hydroxylation is 2. The lowest BCUT2D eigenvalue weighted by molar-refractivity contribution is 0.0732. The van der Waals surface area contributed by atoms with Crippen LogP contribution in [0.15, 0.2) is 10.9 Å². The molecule has 1 aliphatic heterocycles. The minimum Gasteiger partial charge on any atom is -0.336 e. The van der Waals surface area contributed by atoms with Crippen LogP contribution in [0.2, 0.25) is 0 Å². The normalized spacial score (nSPS) is 15.4. The number of piperazine rings is 1. The van der Waals surface area contributed by atoms with Crippen LogP contribution >= 0.6 is 0 Å². The summed E-state index contributed by atoms with van der Waals surface area (Å²) < 4.78 is 1.42. The molecule has 1 N–H and O–H groups in total. The van der Waals surface area contributed by atoms with Gasteiger partial charge in [0.15, 0.2) is 0 Å². The van der Waals surface area contributed by atoms with E-state index in [1.54, 1.807) is 11.0 Å². The molecule has 1 aliphatic rings. The summed E-state index contributed by atoms with van der Waals surface area (Å²) in [6.45, 7) is 7.30. The summed E-state index contributed by atoms with van der Waals surface area (Å²) in [5.41, 5.74) is 0.683. The van der Waals surface area contributed by atoms with Crippen LogP contribution in [-0.2, 0) is 6.54 Å². The summed E-state index contributed by atoms with van der Waals surface area (Å²) in [4.78, 5) is 26.5. The van der Waals surface area contributed by atoms with Crippen LogP contribution in [0.3, 0.4) is 0 Å². The number of nitrogens with zero attached hydrogens (tertiary/aromatic N) is 3. The Kier molecular flexibility index (Phi) is 4.89. The van der Waals surface area contributed by atoms with E-state index in [4.69, 9.17) is 0 Å². The first-order valence-corrected chi connectivity index (χ1v) is 7.22. The van der Waals surface area contributed by atoms with Crippen LogP contribution in [0.4, 0.5) is 0 Å². The lowest BCUT2D eigenvalue weighted by Crippen LogP contribution is -2.48. The highest BCUT2D eigenvalue weighted by Gasteiger charge is 2.22. The second kappa shape index (κ2) is 6.65. The summed E-state index contributed by atoms with van der Waals surface area (Å²) in [5.74, 6) is -0.174. The van der Waals surface area contributed by atoms with Gasteiger partial charge in [0.25, 0.3) is 11.5 Å². The first-order valence-electron chi connectivity index (χ1n) is 7.22. The number of hydrogen-bond donors (Lipinski definition) is 1. The van der Waals surface area contributed by atoms with Gasteiger partial charge >= 0.3 is 0 Å². The molecule has 1 saturated heterocycles. The van der Waals surface area contributed by atoms with Crippen LogP contribution in [0.25, 0.3) is 0 Å². The van der Waals surface area contributed by atoms with Crippen LogP contribution in [-0.4, -0.2) is 46.8 Å². The minimum absolute atomic E-state index is 0.174. The van der Waals surface area contributed by atoms with Gasteiger partial charge in [0.1, 0.15) is 5.56 Å². The molecule has 6 nitrogen and oxygen atoms in total. The molecule has 2 rings (SSSR count). The second-order valence-corrected chi connectivity index (χ2v) is 5.12. The van der Waals surface area contributed by atoms with Gasteiger partial charge in [-0.3, -0.25) is 9.59 Å². The first kappa shape index (κ1) is 14.7. The van der Waals surface area contributed by atoms with Crippen LogP contribution in [0.5, 0.6) is 0 Å². The van der Waals surface area contributed by atoms with E-state index in [2.05, 4.69) is 17.3 Å². The van der Waals surface area contributed by atoms with Gasteiger partial charge < -0.3 is 10.2 Å². The Morgan fingerprint density at radius 3 is 2.75 bits per heavy atom. The summed E-state index contributed by atoms with van der Waals surface area (Å²) in [6, 6.07) is 1.61. The molecule has 2 heterocycles. The third-order valence-corrected chi connectivity index (χ3v) is 3.45. The van der Waals surface area contributed by atoms with E-state index in [1.807, 2.05) is 6.92 Å². The Labute approximate surface area is 118 Å². The van der Waals surface area contributed by atoms with Crippen molar-refractivity contribution in [1.82, 2.24) is 20.0 Å². The molecule has 0 atom stereocenters. The molecule has 0 aromatic carbocycles. The molecule has 20 heavy (non-hydrogen) atoms. The van der Waals surface area contributed by atoms with Gasteiger partial charge in [-0.05, 0) is 19.4 Å². The average molecular weight is 278 g/mol. The maximum atomic E-state index is 12.5. The van der Waals surface area contributed by atoms with Crippen molar-refractivity contribution < 1.29 is 4.79 Å². The third-order valence-electron chi connectivity index (χ3n) is 3.45. The highest BCUT2D eigenvalue weighted by atomic mass is 16.2. The Hall–Kier alpha value is -1.69. The molecular formula is C14H22N4O2. The monoisotopic (exact) mass is 278 g/mol. The van der Waals surface area contributed by atoms with Crippen LogP contribution < -0.4 is 10.9 Å². The van der Waals surface area contributed by atoms with Crippen molar-refractivity contribution in [3.05, 3.63) is 27.7 Å². The number of amides is 1. The van der Waals surface area contributed by atoms with Crippen LogP contribution in [0, 0.1) is 6.92 Å². The summed E-state index contributed by atoms with van der Waals surface area (Å²) >= 11 is 0. The van der Waals surface area contributed by atoms with E-state index in [1.165, 1.54) is 4.68 Å². The highest BCUT2D eigenvalue weighted by Crippen LogP contribution is 2.04. The fourth-order valence-electron chi connectivity index (χ4n) is 2.33. The van der Waals surface area contributed by atoms with Gasteiger partial charge in [-0.1, -0.05) is 13.3 Å². The molecule has 0 spiro atoms. The van der Waals surface area contributed by atoms with E-state index in [0.717, 1.165) is 25.9 Å². The molecule has 0 radical (unpaired) electrons. The molecule has 1 amide bonds. The average Bonchev–Trinajstić information content (AvgIpc) is 2.48. The smallest absolute Gasteiger partial charge is 0.279 e.